The molecule has 0 radical (unpaired) electrons. The minimum atomic E-state index is -0.496. The zero-order valence-electron chi connectivity index (χ0n) is 13.7. The molecule has 0 bridgehead atoms. The van der Waals surface area contributed by atoms with E-state index in [9.17, 15) is 9.59 Å². The number of ether oxygens (including phenoxy) is 1. The van der Waals surface area contributed by atoms with Gasteiger partial charge in [0, 0.05) is 18.0 Å². The molecule has 0 saturated carbocycles. The van der Waals surface area contributed by atoms with Gasteiger partial charge in [-0.05, 0) is 24.6 Å². The molecule has 124 valence electrons. The van der Waals surface area contributed by atoms with Crippen molar-refractivity contribution in [1.82, 2.24) is 5.32 Å². The third-order valence-corrected chi connectivity index (χ3v) is 3.48. The fraction of sp³-hybridized carbons (Fsp3) is 0.158. The molecule has 5 heteroatoms. The van der Waals surface area contributed by atoms with Crippen molar-refractivity contribution in [2.75, 3.05) is 13.7 Å². The summed E-state index contributed by atoms with van der Waals surface area (Å²) in [7, 11) is 1.52. The zero-order chi connectivity index (χ0) is 17.7. The lowest BCUT2D eigenvalue weighted by Crippen LogP contribution is -2.19. The van der Waals surface area contributed by atoms with Crippen LogP contribution in [0, 0.1) is 0 Å². The summed E-state index contributed by atoms with van der Waals surface area (Å²) in [5.74, 6) is -0.843. The number of rotatable bonds is 6. The topological polar surface area (TPSA) is 68.5 Å². The van der Waals surface area contributed by atoms with Crippen molar-refractivity contribution in [3.05, 3.63) is 66.5 Å². The lowest BCUT2D eigenvalue weighted by atomic mass is 9.99. The average molecular weight is 325 g/mol. The Hall–Kier alpha value is -3.08. The van der Waals surface area contributed by atoms with E-state index in [0.29, 0.717) is 11.0 Å². The van der Waals surface area contributed by atoms with Crippen molar-refractivity contribution in [1.29, 1.82) is 0 Å². The maximum Gasteiger partial charge on any atom is 0.338 e. The van der Waals surface area contributed by atoms with Crippen LogP contribution in [0.4, 0.5) is 0 Å². The molecular weight excluding hydrogens is 306 g/mol. The van der Waals surface area contributed by atoms with Gasteiger partial charge in [-0.15, -0.1) is 0 Å². The Kier molecular flexibility index (Phi) is 5.37. The van der Waals surface area contributed by atoms with E-state index >= 15 is 0 Å². The molecule has 2 rings (SSSR count). The maximum atomic E-state index is 12.2. The van der Waals surface area contributed by atoms with Crippen LogP contribution in [-0.2, 0) is 4.74 Å². The highest BCUT2D eigenvalue weighted by atomic mass is 16.5. The minimum Gasteiger partial charge on any atom is -0.463 e. The molecular formula is C19H19NO4. The number of hydrogen-bond acceptors (Lipinski definition) is 4. The molecule has 0 unspecified atom stereocenters. The quantitative estimate of drug-likeness (QED) is 0.649. The first-order valence-corrected chi connectivity index (χ1v) is 7.47. The summed E-state index contributed by atoms with van der Waals surface area (Å²) in [6.45, 7) is 9.42. The molecule has 2 aromatic rings. The molecule has 1 aromatic carbocycles. The molecule has 0 aliphatic carbocycles. The number of nitrogens with one attached hydrogen (secondary N) is 1. The van der Waals surface area contributed by atoms with Crippen molar-refractivity contribution in [3.63, 3.8) is 0 Å². The van der Waals surface area contributed by atoms with Gasteiger partial charge in [0.15, 0.2) is 0 Å². The summed E-state index contributed by atoms with van der Waals surface area (Å²) in [4.78, 5) is 24.3. The molecule has 0 saturated heterocycles. The van der Waals surface area contributed by atoms with Crippen LogP contribution in [0.3, 0.4) is 0 Å². The van der Waals surface area contributed by atoms with Gasteiger partial charge >= 0.3 is 5.97 Å². The molecule has 24 heavy (non-hydrogen) atoms. The van der Waals surface area contributed by atoms with Crippen LogP contribution in [0.15, 0.2) is 54.2 Å². The summed E-state index contributed by atoms with van der Waals surface area (Å²) >= 11 is 0. The third-order valence-electron chi connectivity index (χ3n) is 3.48. The maximum absolute atomic E-state index is 12.2. The molecule has 0 aliphatic heterocycles. The Bertz CT molecular complexity index is 842. The fourth-order valence-corrected chi connectivity index (χ4v) is 2.39. The van der Waals surface area contributed by atoms with Gasteiger partial charge in [-0.2, -0.15) is 0 Å². The van der Waals surface area contributed by atoms with E-state index < -0.39 is 5.97 Å². The van der Waals surface area contributed by atoms with E-state index in [1.807, 2.05) is 0 Å². The van der Waals surface area contributed by atoms with Crippen LogP contribution in [0.2, 0.25) is 0 Å². The van der Waals surface area contributed by atoms with Gasteiger partial charge in [0.2, 0.25) is 0 Å². The standard InChI is InChI=1S/C19H19NO4/c1-5-8-12(6-2)16-11-24-17-14(16)9-13(19(22)23-7-3)10-15(17)18(21)20-4/h5-6,8-11H,1-2,7H2,3-4H3,(H,20,21)/b12-8+. The molecule has 1 heterocycles. The molecule has 5 nitrogen and oxygen atoms in total. The first-order valence-electron chi connectivity index (χ1n) is 7.47. The Morgan fingerprint density at radius 2 is 2.04 bits per heavy atom. The van der Waals surface area contributed by atoms with Crippen molar-refractivity contribution in [2.24, 2.45) is 0 Å². The van der Waals surface area contributed by atoms with E-state index in [0.717, 1.165) is 11.1 Å². The first kappa shape index (κ1) is 17.3. The van der Waals surface area contributed by atoms with E-state index in [4.69, 9.17) is 9.15 Å². The number of furan rings is 1. The van der Waals surface area contributed by atoms with Gasteiger partial charge in [-0.1, -0.05) is 31.4 Å². The van der Waals surface area contributed by atoms with E-state index in [-0.39, 0.29) is 23.6 Å². The fourth-order valence-electron chi connectivity index (χ4n) is 2.39. The van der Waals surface area contributed by atoms with Gasteiger partial charge in [-0.25, -0.2) is 4.79 Å². The lowest BCUT2D eigenvalue weighted by molar-refractivity contribution is 0.0526. The van der Waals surface area contributed by atoms with Crippen LogP contribution < -0.4 is 5.32 Å². The van der Waals surface area contributed by atoms with Crippen molar-refractivity contribution in [2.45, 2.75) is 6.92 Å². The van der Waals surface area contributed by atoms with E-state index in [1.54, 1.807) is 31.2 Å². The summed E-state index contributed by atoms with van der Waals surface area (Å²) in [5, 5.41) is 3.18. The van der Waals surface area contributed by atoms with Crippen LogP contribution in [0.25, 0.3) is 16.5 Å². The number of carbonyl (C=O) groups excluding carboxylic acids is 2. The summed E-state index contributed by atoms with van der Waals surface area (Å²) < 4.78 is 10.6. The number of hydrogen-bond donors (Lipinski definition) is 1. The number of carbonyl (C=O) groups is 2. The molecule has 0 aliphatic rings. The summed E-state index contributed by atoms with van der Waals surface area (Å²) in [6, 6.07) is 3.12. The molecule has 1 amide bonds. The lowest BCUT2D eigenvalue weighted by Gasteiger charge is -2.07. The van der Waals surface area contributed by atoms with Crippen molar-refractivity contribution in [3.8, 4) is 0 Å². The highest BCUT2D eigenvalue weighted by Crippen LogP contribution is 2.31. The Labute approximate surface area is 140 Å². The second-order valence-corrected chi connectivity index (χ2v) is 4.91. The van der Waals surface area contributed by atoms with Crippen LogP contribution in [0.1, 0.15) is 33.2 Å². The van der Waals surface area contributed by atoms with Crippen molar-refractivity contribution < 1.29 is 18.7 Å². The number of amides is 1. The summed E-state index contributed by atoms with van der Waals surface area (Å²) in [5.41, 5.74) is 2.44. The smallest absolute Gasteiger partial charge is 0.338 e. The Balaban J connectivity index is 2.77. The molecule has 0 fully saturated rings. The van der Waals surface area contributed by atoms with Crippen LogP contribution in [0.5, 0.6) is 0 Å². The SMILES string of the molecule is C=C/C=C(\C=C)c1coc2c(C(=O)NC)cc(C(=O)OCC)cc12. The van der Waals surface area contributed by atoms with Gasteiger partial charge in [0.05, 0.1) is 24.0 Å². The van der Waals surface area contributed by atoms with E-state index in [1.165, 1.54) is 19.4 Å². The van der Waals surface area contributed by atoms with Gasteiger partial charge in [-0.3, -0.25) is 4.79 Å². The van der Waals surface area contributed by atoms with Crippen LogP contribution >= 0.6 is 0 Å². The molecule has 1 aromatic heterocycles. The summed E-state index contributed by atoms with van der Waals surface area (Å²) in [6.07, 6.45) is 6.59. The highest BCUT2D eigenvalue weighted by molar-refractivity contribution is 6.10. The normalized spacial score (nSPS) is 11.2. The number of allylic oxidation sites excluding steroid dienone is 4. The second-order valence-electron chi connectivity index (χ2n) is 4.91. The Morgan fingerprint density at radius 3 is 2.62 bits per heavy atom. The number of esters is 1. The third kappa shape index (κ3) is 3.15. The van der Waals surface area contributed by atoms with Gasteiger partial charge in [0.25, 0.3) is 5.91 Å². The Morgan fingerprint density at radius 1 is 1.29 bits per heavy atom. The number of benzene rings is 1. The minimum absolute atomic E-state index is 0.249. The molecule has 1 N–H and O–H groups in total. The predicted octanol–water partition coefficient (Wildman–Crippen LogP) is 3.72. The van der Waals surface area contributed by atoms with Gasteiger partial charge < -0.3 is 14.5 Å². The predicted molar refractivity (Wildman–Crippen MR) is 93.9 cm³/mol. The first-order chi connectivity index (χ1) is 11.6. The largest absolute Gasteiger partial charge is 0.463 e. The van der Waals surface area contributed by atoms with E-state index in [2.05, 4.69) is 18.5 Å². The van der Waals surface area contributed by atoms with Gasteiger partial charge in [0.1, 0.15) is 5.58 Å². The monoisotopic (exact) mass is 325 g/mol. The zero-order valence-corrected chi connectivity index (χ0v) is 13.7. The number of fused-ring (bicyclic) bond motifs is 1. The second kappa shape index (κ2) is 7.46. The molecule has 0 atom stereocenters. The van der Waals surface area contributed by atoms with Crippen LogP contribution in [-0.4, -0.2) is 25.5 Å². The average Bonchev–Trinajstić information content (AvgIpc) is 3.02. The molecule has 0 spiro atoms. The highest BCUT2D eigenvalue weighted by Gasteiger charge is 2.20. The van der Waals surface area contributed by atoms with Crippen molar-refractivity contribution >= 4 is 28.4 Å².